The van der Waals surface area contributed by atoms with Gasteiger partial charge in [-0.25, -0.2) is 0 Å². The van der Waals surface area contributed by atoms with Crippen LogP contribution in [-0.2, 0) is 16.6 Å². The van der Waals surface area contributed by atoms with Crippen LogP contribution in [0.5, 0.6) is 0 Å². The molecule has 0 bridgehead atoms. The number of carbonyl (C=O) groups excluding carboxylic acids is 2. The maximum absolute atomic E-state index is 12.2. The Morgan fingerprint density at radius 1 is 1.32 bits per heavy atom. The number of anilines is 1. The van der Waals surface area contributed by atoms with Gasteiger partial charge in [0.1, 0.15) is 0 Å². The Balaban J connectivity index is 1.65. The monoisotopic (exact) mass is 341 g/mol. The summed E-state index contributed by atoms with van der Waals surface area (Å²) in [5.41, 5.74) is 2.81. The Kier molecular flexibility index (Phi) is 4.17. The number of aryl methyl sites for hydroxylation is 1. The van der Waals surface area contributed by atoms with Crippen LogP contribution in [0.3, 0.4) is 0 Å². The number of para-hydroxylation sites is 1. The van der Waals surface area contributed by atoms with Crippen molar-refractivity contribution in [2.75, 3.05) is 25.0 Å². The summed E-state index contributed by atoms with van der Waals surface area (Å²) in [5.74, 6) is -0.172. The first-order valence-corrected chi connectivity index (χ1v) is 8.87. The zero-order valence-electron chi connectivity index (χ0n) is 14.3. The van der Waals surface area contributed by atoms with Gasteiger partial charge >= 0.3 is 0 Å². The van der Waals surface area contributed by atoms with Crippen LogP contribution < -0.4 is 16.0 Å². The van der Waals surface area contributed by atoms with E-state index in [1.165, 1.54) is 6.42 Å². The van der Waals surface area contributed by atoms with Gasteiger partial charge in [-0.2, -0.15) is 5.10 Å². The zero-order valence-corrected chi connectivity index (χ0v) is 14.3. The second kappa shape index (κ2) is 6.48. The Morgan fingerprint density at radius 3 is 2.96 bits per heavy atom. The number of imide groups is 1. The van der Waals surface area contributed by atoms with Gasteiger partial charge in [0, 0.05) is 25.4 Å². The molecule has 0 radical (unpaired) electrons. The summed E-state index contributed by atoms with van der Waals surface area (Å²) in [6.07, 6.45) is 2.07. The third-order valence-corrected chi connectivity index (χ3v) is 5.21. The van der Waals surface area contributed by atoms with Gasteiger partial charge < -0.3 is 10.6 Å². The van der Waals surface area contributed by atoms with Crippen LogP contribution in [0.4, 0.5) is 5.69 Å². The largest absolute Gasteiger partial charge is 0.383 e. The average Bonchev–Trinajstić information content (AvgIpc) is 3.22. The highest BCUT2D eigenvalue weighted by molar-refractivity contribution is 6.03. The number of rotatable bonds is 4. The standard InChI is InChI=1S/C18H23N5O2/c1-23-17-12(16(22-23)13-5-6-15(24)21-18(13)25)3-2-4-14(17)20-10-11-7-8-19-9-11/h2-4,11,13,19-20H,5-10H2,1H3,(H,21,24,25)/t11-,13?/m0/s1. The Hall–Kier alpha value is -2.41. The molecule has 2 aromatic rings. The smallest absolute Gasteiger partial charge is 0.235 e. The first kappa shape index (κ1) is 16.1. The van der Waals surface area contributed by atoms with Crippen LogP contribution in [0.25, 0.3) is 10.9 Å². The van der Waals surface area contributed by atoms with Crippen molar-refractivity contribution in [1.82, 2.24) is 20.4 Å². The number of fused-ring (bicyclic) bond motifs is 1. The van der Waals surface area contributed by atoms with Gasteiger partial charge in [0.05, 0.1) is 22.8 Å². The molecule has 4 rings (SSSR count). The second-order valence-corrected chi connectivity index (χ2v) is 6.95. The van der Waals surface area contributed by atoms with Crippen LogP contribution in [0.15, 0.2) is 18.2 Å². The lowest BCUT2D eigenvalue weighted by atomic mass is 9.92. The van der Waals surface area contributed by atoms with Gasteiger partial charge in [-0.3, -0.25) is 19.6 Å². The van der Waals surface area contributed by atoms with Gasteiger partial charge in [0.25, 0.3) is 0 Å². The molecule has 2 aliphatic heterocycles. The normalized spacial score (nSPS) is 23.9. The molecule has 0 spiro atoms. The van der Waals surface area contributed by atoms with Crippen LogP contribution in [0, 0.1) is 5.92 Å². The van der Waals surface area contributed by atoms with E-state index in [0.717, 1.165) is 41.9 Å². The van der Waals surface area contributed by atoms with E-state index in [2.05, 4.69) is 27.1 Å². The van der Waals surface area contributed by atoms with Gasteiger partial charge in [-0.1, -0.05) is 12.1 Å². The molecule has 2 atom stereocenters. The number of piperidine rings is 1. The molecule has 3 heterocycles. The number of aromatic nitrogens is 2. The maximum Gasteiger partial charge on any atom is 0.235 e. The van der Waals surface area contributed by atoms with Crippen molar-refractivity contribution in [3.63, 3.8) is 0 Å². The van der Waals surface area contributed by atoms with Crippen molar-refractivity contribution < 1.29 is 9.59 Å². The van der Waals surface area contributed by atoms with E-state index >= 15 is 0 Å². The van der Waals surface area contributed by atoms with Crippen molar-refractivity contribution in [3.05, 3.63) is 23.9 Å². The van der Waals surface area contributed by atoms with E-state index in [1.807, 2.05) is 23.9 Å². The van der Waals surface area contributed by atoms with Crippen molar-refractivity contribution in [3.8, 4) is 0 Å². The summed E-state index contributed by atoms with van der Waals surface area (Å²) >= 11 is 0. The molecule has 1 unspecified atom stereocenters. The van der Waals surface area contributed by atoms with E-state index in [-0.39, 0.29) is 17.7 Å². The molecule has 7 nitrogen and oxygen atoms in total. The summed E-state index contributed by atoms with van der Waals surface area (Å²) in [6.45, 7) is 3.06. The number of hydrogen-bond acceptors (Lipinski definition) is 5. The predicted molar refractivity (Wildman–Crippen MR) is 95.3 cm³/mol. The lowest BCUT2D eigenvalue weighted by Gasteiger charge is -2.19. The first-order chi connectivity index (χ1) is 12.1. The molecule has 0 saturated carbocycles. The first-order valence-electron chi connectivity index (χ1n) is 8.87. The fourth-order valence-electron chi connectivity index (χ4n) is 3.86. The molecule has 0 aliphatic carbocycles. The molecule has 1 aromatic heterocycles. The predicted octanol–water partition coefficient (Wildman–Crippen LogP) is 1.11. The average molecular weight is 341 g/mol. The minimum Gasteiger partial charge on any atom is -0.383 e. The molecule has 2 aliphatic rings. The van der Waals surface area contributed by atoms with E-state index in [1.54, 1.807) is 0 Å². The van der Waals surface area contributed by atoms with E-state index < -0.39 is 0 Å². The SMILES string of the molecule is Cn1nc(C2CCC(=O)NC2=O)c2cccc(NC[C@H]3CCNC3)c21. The van der Waals surface area contributed by atoms with Gasteiger partial charge in [0.15, 0.2) is 0 Å². The van der Waals surface area contributed by atoms with Gasteiger partial charge in [0.2, 0.25) is 11.8 Å². The molecule has 2 fully saturated rings. The molecule has 1 aromatic carbocycles. The van der Waals surface area contributed by atoms with Gasteiger partial charge in [-0.05, 0) is 37.9 Å². The highest BCUT2D eigenvalue weighted by Gasteiger charge is 2.32. The third-order valence-electron chi connectivity index (χ3n) is 5.21. The number of amides is 2. The minimum absolute atomic E-state index is 0.200. The molecule has 2 saturated heterocycles. The van der Waals surface area contributed by atoms with Crippen molar-refractivity contribution >= 4 is 28.4 Å². The molecule has 7 heteroatoms. The number of nitrogens with one attached hydrogen (secondary N) is 3. The Morgan fingerprint density at radius 2 is 2.20 bits per heavy atom. The fourth-order valence-corrected chi connectivity index (χ4v) is 3.86. The Bertz CT molecular complexity index is 822. The van der Waals surface area contributed by atoms with E-state index in [0.29, 0.717) is 18.8 Å². The van der Waals surface area contributed by atoms with Crippen molar-refractivity contribution in [1.29, 1.82) is 0 Å². The summed E-state index contributed by atoms with van der Waals surface area (Å²) in [5, 5.41) is 15.0. The minimum atomic E-state index is -0.365. The third kappa shape index (κ3) is 3.00. The number of hydrogen-bond donors (Lipinski definition) is 3. The van der Waals surface area contributed by atoms with Crippen LogP contribution >= 0.6 is 0 Å². The number of nitrogens with zero attached hydrogens (tertiary/aromatic N) is 2. The molecule has 132 valence electrons. The molecular weight excluding hydrogens is 318 g/mol. The summed E-state index contributed by atoms with van der Waals surface area (Å²) in [6, 6.07) is 6.05. The summed E-state index contributed by atoms with van der Waals surface area (Å²) in [4.78, 5) is 23.7. The summed E-state index contributed by atoms with van der Waals surface area (Å²) in [7, 11) is 1.90. The molecule has 25 heavy (non-hydrogen) atoms. The highest BCUT2D eigenvalue weighted by Crippen LogP contribution is 2.33. The van der Waals surface area contributed by atoms with Crippen LogP contribution in [-0.4, -0.2) is 41.2 Å². The Labute approximate surface area is 146 Å². The lowest BCUT2D eigenvalue weighted by molar-refractivity contribution is -0.134. The molecule has 2 amide bonds. The van der Waals surface area contributed by atoms with Crippen LogP contribution in [0.1, 0.15) is 30.9 Å². The maximum atomic E-state index is 12.2. The molecule has 3 N–H and O–H groups in total. The quantitative estimate of drug-likeness (QED) is 0.725. The second-order valence-electron chi connectivity index (χ2n) is 6.95. The van der Waals surface area contributed by atoms with E-state index in [9.17, 15) is 9.59 Å². The molecular formula is C18H23N5O2. The number of carbonyl (C=O) groups is 2. The van der Waals surface area contributed by atoms with Crippen molar-refractivity contribution in [2.24, 2.45) is 13.0 Å². The zero-order chi connectivity index (χ0) is 17.4. The van der Waals surface area contributed by atoms with Gasteiger partial charge in [-0.15, -0.1) is 0 Å². The van der Waals surface area contributed by atoms with Crippen molar-refractivity contribution in [2.45, 2.75) is 25.2 Å². The highest BCUT2D eigenvalue weighted by atomic mass is 16.2. The van der Waals surface area contributed by atoms with Crippen LogP contribution in [0.2, 0.25) is 0 Å². The number of benzene rings is 1. The fraction of sp³-hybridized carbons (Fsp3) is 0.500. The lowest BCUT2D eigenvalue weighted by Crippen LogP contribution is -2.39. The van der Waals surface area contributed by atoms with E-state index in [4.69, 9.17) is 0 Å². The topological polar surface area (TPSA) is 88.0 Å². The summed E-state index contributed by atoms with van der Waals surface area (Å²) < 4.78 is 1.84.